The summed E-state index contributed by atoms with van der Waals surface area (Å²) in [6, 6.07) is 0. The molecule has 0 aromatic heterocycles. The molecule has 0 heterocycles. The van der Waals surface area contributed by atoms with Crippen molar-refractivity contribution >= 4 is 0 Å². The number of unbranched alkanes of at least 4 members (excludes halogenated alkanes) is 5. The van der Waals surface area contributed by atoms with E-state index in [0.717, 1.165) is 24.8 Å². The average Bonchev–Trinajstić information content (AvgIpc) is 2.45. The van der Waals surface area contributed by atoms with Gasteiger partial charge in [-0.2, -0.15) is 0 Å². The lowest BCUT2D eigenvalue weighted by Crippen LogP contribution is -2.38. The van der Waals surface area contributed by atoms with Crippen LogP contribution in [0.4, 0.5) is 0 Å². The maximum Gasteiger partial charge on any atom is 0.306 e. The van der Waals surface area contributed by atoms with Crippen LogP contribution in [0.15, 0.2) is 11.6 Å². The van der Waals surface area contributed by atoms with E-state index in [1.165, 1.54) is 32.1 Å². The largest absolute Gasteiger partial charge is 0.327 e. The second kappa shape index (κ2) is 11.4. The Morgan fingerprint density at radius 3 is 1.84 bits per heavy atom. The van der Waals surface area contributed by atoms with Gasteiger partial charge >= 0.3 is 5.97 Å². The molecule has 0 aliphatic heterocycles. The van der Waals surface area contributed by atoms with Gasteiger partial charge in [0, 0.05) is 26.9 Å². The normalized spacial score (nSPS) is 13.0. The minimum Gasteiger partial charge on any atom is -0.327 e. The highest BCUT2D eigenvalue weighted by Crippen LogP contribution is 2.28. The second-order valence-corrected chi connectivity index (χ2v) is 4.82. The van der Waals surface area contributed by atoms with E-state index in [1.54, 1.807) is 21.3 Å². The van der Waals surface area contributed by atoms with E-state index in [1.807, 2.05) is 0 Å². The van der Waals surface area contributed by atoms with Crippen LogP contribution < -0.4 is 0 Å². The first-order chi connectivity index (χ1) is 9.20. The molecule has 0 rings (SSSR count). The van der Waals surface area contributed by atoms with Gasteiger partial charge in [-0.05, 0) is 19.3 Å². The third-order valence-electron chi connectivity index (χ3n) is 3.45. The number of hydrogen-bond donors (Lipinski definition) is 0. The van der Waals surface area contributed by atoms with Gasteiger partial charge in [0.2, 0.25) is 0 Å². The summed E-state index contributed by atoms with van der Waals surface area (Å²) in [5.41, 5.74) is 1.10. The molecule has 0 aliphatic rings. The second-order valence-electron chi connectivity index (χ2n) is 4.82. The molecule has 0 unspecified atom stereocenters. The molecule has 114 valence electrons. The minimum absolute atomic E-state index is 0.961. The standard InChI is InChI=1S/C16H32O3/c1-6-8-9-10-11-12-14-15(13-7-2)16(17-3,18-4)19-5/h13H,6-12,14H2,1-5H3. The molecule has 0 N–H and O–H groups in total. The summed E-state index contributed by atoms with van der Waals surface area (Å²) in [5.74, 6) is -1.00. The van der Waals surface area contributed by atoms with Crippen LogP contribution in [0, 0.1) is 0 Å². The molecule has 19 heavy (non-hydrogen) atoms. The molecule has 0 fully saturated rings. The molecule has 0 aromatic carbocycles. The summed E-state index contributed by atoms with van der Waals surface area (Å²) in [4.78, 5) is 0. The summed E-state index contributed by atoms with van der Waals surface area (Å²) in [6.07, 6.45) is 11.8. The van der Waals surface area contributed by atoms with E-state index < -0.39 is 5.97 Å². The Kier molecular flexibility index (Phi) is 11.2. The molecule has 0 atom stereocenters. The van der Waals surface area contributed by atoms with Crippen LogP contribution in [0.1, 0.15) is 65.2 Å². The van der Waals surface area contributed by atoms with Crippen LogP contribution in [-0.2, 0) is 14.2 Å². The van der Waals surface area contributed by atoms with Crippen molar-refractivity contribution in [1.82, 2.24) is 0 Å². The lowest BCUT2D eigenvalue weighted by atomic mass is 10.0. The Morgan fingerprint density at radius 2 is 1.37 bits per heavy atom. The molecular weight excluding hydrogens is 240 g/mol. The summed E-state index contributed by atoms with van der Waals surface area (Å²) >= 11 is 0. The van der Waals surface area contributed by atoms with Gasteiger partial charge in [0.05, 0.1) is 0 Å². The van der Waals surface area contributed by atoms with E-state index in [9.17, 15) is 0 Å². The summed E-state index contributed by atoms with van der Waals surface area (Å²) < 4.78 is 16.3. The number of rotatable bonds is 12. The molecule has 0 amide bonds. The third kappa shape index (κ3) is 6.55. The number of ether oxygens (including phenoxy) is 3. The van der Waals surface area contributed by atoms with Gasteiger partial charge < -0.3 is 14.2 Å². The average molecular weight is 272 g/mol. The molecule has 0 bridgehead atoms. The third-order valence-corrected chi connectivity index (χ3v) is 3.45. The highest BCUT2D eigenvalue weighted by atomic mass is 16.9. The first-order valence-electron chi connectivity index (χ1n) is 7.55. The van der Waals surface area contributed by atoms with Crippen LogP contribution in [0.3, 0.4) is 0 Å². The molecule has 0 spiro atoms. The van der Waals surface area contributed by atoms with Crippen molar-refractivity contribution in [3.05, 3.63) is 11.6 Å². The highest BCUT2D eigenvalue weighted by molar-refractivity contribution is 5.09. The van der Waals surface area contributed by atoms with Crippen molar-refractivity contribution in [2.24, 2.45) is 0 Å². The van der Waals surface area contributed by atoms with Crippen LogP contribution in [-0.4, -0.2) is 27.3 Å². The molecular formula is C16H32O3. The van der Waals surface area contributed by atoms with Crippen LogP contribution in [0.2, 0.25) is 0 Å². The van der Waals surface area contributed by atoms with E-state index in [0.29, 0.717) is 0 Å². The summed E-state index contributed by atoms with van der Waals surface area (Å²) in [5, 5.41) is 0. The fourth-order valence-electron chi connectivity index (χ4n) is 2.37. The zero-order valence-electron chi connectivity index (χ0n) is 13.5. The van der Waals surface area contributed by atoms with E-state index >= 15 is 0 Å². The van der Waals surface area contributed by atoms with Gasteiger partial charge in [-0.25, -0.2) is 0 Å². The molecule has 3 heteroatoms. The lowest BCUT2D eigenvalue weighted by Gasteiger charge is -2.31. The molecule has 0 aromatic rings. The molecule has 0 saturated heterocycles. The Bertz CT molecular complexity index is 224. The predicted molar refractivity (Wildman–Crippen MR) is 80.1 cm³/mol. The highest BCUT2D eigenvalue weighted by Gasteiger charge is 2.33. The van der Waals surface area contributed by atoms with Crippen molar-refractivity contribution in [2.75, 3.05) is 21.3 Å². The smallest absolute Gasteiger partial charge is 0.306 e. The van der Waals surface area contributed by atoms with E-state index in [2.05, 4.69) is 19.9 Å². The Labute approximate surface area is 119 Å². The van der Waals surface area contributed by atoms with Gasteiger partial charge in [-0.15, -0.1) is 0 Å². The fourth-order valence-corrected chi connectivity index (χ4v) is 2.37. The molecule has 3 nitrogen and oxygen atoms in total. The first-order valence-corrected chi connectivity index (χ1v) is 7.55. The van der Waals surface area contributed by atoms with Crippen molar-refractivity contribution in [2.45, 2.75) is 71.2 Å². The van der Waals surface area contributed by atoms with Crippen LogP contribution in [0.25, 0.3) is 0 Å². The fraction of sp³-hybridized carbons (Fsp3) is 0.875. The maximum absolute atomic E-state index is 5.43. The number of methoxy groups -OCH3 is 3. The molecule has 0 radical (unpaired) electrons. The maximum atomic E-state index is 5.43. The summed E-state index contributed by atoms with van der Waals surface area (Å²) in [6.45, 7) is 4.36. The monoisotopic (exact) mass is 272 g/mol. The van der Waals surface area contributed by atoms with E-state index in [4.69, 9.17) is 14.2 Å². The van der Waals surface area contributed by atoms with Gasteiger partial charge in [-0.1, -0.05) is 52.0 Å². The number of hydrogen-bond acceptors (Lipinski definition) is 3. The van der Waals surface area contributed by atoms with Gasteiger partial charge in [0.1, 0.15) is 0 Å². The topological polar surface area (TPSA) is 27.7 Å². The molecule has 0 aliphatic carbocycles. The quantitative estimate of drug-likeness (QED) is 0.293. The zero-order valence-corrected chi connectivity index (χ0v) is 13.5. The Hall–Kier alpha value is -0.380. The Balaban J connectivity index is 4.30. The Morgan fingerprint density at radius 1 is 0.842 bits per heavy atom. The molecule has 0 saturated carbocycles. The SMILES string of the molecule is CCC=C(CCCCCCCC)C(OC)(OC)OC. The van der Waals surface area contributed by atoms with Gasteiger partial charge in [-0.3, -0.25) is 0 Å². The zero-order chi connectivity index (χ0) is 14.6. The van der Waals surface area contributed by atoms with Gasteiger partial charge in [0.25, 0.3) is 0 Å². The van der Waals surface area contributed by atoms with Crippen LogP contribution in [0.5, 0.6) is 0 Å². The minimum atomic E-state index is -1.00. The van der Waals surface area contributed by atoms with Gasteiger partial charge in [0.15, 0.2) is 0 Å². The number of allylic oxidation sites excluding steroid dienone is 1. The predicted octanol–water partition coefficient (Wildman–Crippen LogP) is 4.67. The van der Waals surface area contributed by atoms with Crippen LogP contribution >= 0.6 is 0 Å². The van der Waals surface area contributed by atoms with E-state index in [-0.39, 0.29) is 0 Å². The van der Waals surface area contributed by atoms with Crippen molar-refractivity contribution in [3.63, 3.8) is 0 Å². The van der Waals surface area contributed by atoms with Crippen molar-refractivity contribution in [3.8, 4) is 0 Å². The first kappa shape index (κ1) is 18.6. The van der Waals surface area contributed by atoms with Crippen molar-refractivity contribution < 1.29 is 14.2 Å². The van der Waals surface area contributed by atoms with Crippen molar-refractivity contribution in [1.29, 1.82) is 0 Å². The summed E-state index contributed by atoms with van der Waals surface area (Å²) in [7, 11) is 4.87. The lowest BCUT2D eigenvalue weighted by molar-refractivity contribution is -0.327.